The van der Waals surface area contributed by atoms with Gasteiger partial charge in [0.2, 0.25) is 0 Å². The molecule has 0 saturated heterocycles. The maximum absolute atomic E-state index is 12.4. The maximum Gasteiger partial charge on any atom is 0.263 e. The zero-order valence-electron chi connectivity index (χ0n) is 11.1. The van der Waals surface area contributed by atoms with Crippen LogP contribution in [0.1, 0.15) is 10.4 Å². The van der Waals surface area contributed by atoms with Crippen molar-refractivity contribution in [1.29, 1.82) is 0 Å². The Labute approximate surface area is 111 Å². The molecule has 6 heteroatoms. The first-order valence-electron chi connectivity index (χ1n) is 5.74. The third-order valence-corrected chi connectivity index (χ3v) is 2.97. The molecule has 1 aromatic heterocycles. The van der Waals surface area contributed by atoms with Crippen molar-refractivity contribution in [3.8, 4) is 5.75 Å². The highest BCUT2D eigenvalue weighted by Gasteiger charge is 2.20. The first-order valence-corrected chi connectivity index (χ1v) is 5.74. The van der Waals surface area contributed by atoms with Crippen LogP contribution in [-0.2, 0) is 7.05 Å². The fourth-order valence-electron chi connectivity index (χ4n) is 1.81. The van der Waals surface area contributed by atoms with Crippen molar-refractivity contribution in [3.05, 3.63) is 36.0 Å². The lowest BCUT2D eigenvalue weighted by atomic mass is 10.2. The molecule has 0 aliphatic heterocycles. The Morgan fingerprint density at radius 1 is 1.42 bits per heavy atom. The SMILES string of the molecule is COc1ccccc1N(C)C(=O)c1cnn(C)c1N. The van der Waals surface area contributed by atoms with Gasteiger partial charge in [0, 0.05) is 14.1 Å². The van der Waals surface area contributed by atoms with Crippen LogP contribution in [0.3, 0.4) is 0 Å². The van der Waals surface area contributed by atoms with Gasteiger partial charge in [0.15, 0.2) is 0 Å². The molecule has 2 rings (SSSR count). The number of para-hydroxylation sites is 2. The van der Waals surface area contributed by atoms with E-state index in [1.165, 1.54) is 15.8 Å². The molecule has 2 N–H and O–H groups in total. The molecule has 0 spiro atoms. The molecule has 1 aromatic carbocycles. The molecule has 6 nitrogen and oxygen atoms in total. The summed E-state index contributed by atoms with van der Waals surface area (Å²) in [6, 6.07) is 7.29. The third-order valence-electron chi connectivity index (χ3n) is 2.97. The molecule has 0 radical (unpaired) electrons. The van der Waals surface area contributed by atoms with Gasteiger partial charge in [-0.15, -0.1) is 0 Å². The normalized spacial score (nSPS) is 10.3. The number of aromatic nitrogens is 2. The van der Waals surface area contributed by atoms with E-state index in [9.17, 15) is 4.79 Å². The zero-order valence-corrected chi connectivity index (χ0v) is 11.1. The van der Waals surface area contributed by atoms with Crippen LogP contribution in [-0.4, -0.2) is 29.8 Å². The molecular formula is C13H16N4O2. The van der Waals surface area contributed by atoms with E-state index in [-0.39, 0.29) is 5.91 Å². The number of carbonyl (C=O) groups excluding carboxylic acids is 1. The quantitative estimate of drug-likeness (QED) is 0.902. The minimum absolute atomic E-state index is 0.227. The van der Waals surface area contributed by atoms with E-state index in [4.69, 9.17) is 10.5 Å². The van der Waals surface area contributed by atoms with Crippen LogP contribution in [0.5, 0.6) is 5.75 Å². The van der Waals surface area contributed by atoms with Crippen molar-refractivity contribution in [3.63, 3.8) is 0 Å². The average Bonchev–Trinajstić information content (AvgIpc) is 2.77. The lowest BCUT2D eigenvalue weighted by Crippen LogP contribution is -2.27. The van der Waals surface area contributed by atoms with Crippen LogP contribution in [0.15, 0.2) is 30.5 Å². The summed E-state index contributed by atoms with van der Waals surface area (Å²) in [6.45, 7) is 0. The first-order chi connectivity index (χ1) is 9.06. The Bertz CT molecular complexity index is 606. The van der Waals surface area contributed by atoms with Gasteiger partial charge in [0.05, 0.1) is 19.0 Å². The highest BCUT2D eigenvalue weighted by molar-refractivity contribution is 6.09. The highest BCUT2D eigenvalue weighted by Crippen LogP contribution is 2.28. The molecule has 0 aliphatic carbocycles. The standard InChI is InChI=1S/C13H16N4O2/c1-16(10-6-4-5-7-11(10)19-3)13(18)9-8-15-17(2)12(9)14/h4-8H,14H2,1-3H3. The first kappa shape index (κ1) is 12.9. The molecule has 0 unspecified atom stereocenters. The number of hydrogen-bond acceptors (Lipinski definition) is 4. The van der Waals surface area contributed by atoms with Gasteiger partial charge in [-0.25, -0.2) is 0 Å². The fraction of sp³-hybridized carbons (Fsp3) is 0.231. The van der Waals surface area contributed by atoms with Crippen molar-refractivity contribution in [1.82, 2.24) is 9.78 Å². The summed E-state index contributed by atoms with van der Waals surface area (Å²) in [5.41, 5.74) is 6.86. The highest BCUT2D eigenvalue weighted by atomic mass is 16.5. The number of aryl methyl sites for hydroxylation is 1. The number of benzene rings is 1. The average molecular weight is 260 g/mol. The molecule has 0 fully saturated rings. The number of nitrogens with zero attached hydrogens (tertiary/aromatic N) is 3. The van der Waals surface area contributed by atoms with E-state index in [0.29, 0.717) is 22.8 Å². The molecule has 2 aromatic rings. The van der Waals surface area contributed by atoms with Crippen LogP contribution in [0.4, 0.5) is 11.5 Å². The Balaban J connectivity index is 2.36. The molecule has 1 amide bonds. The van der Waals surface area contributed by atoms with Crippen LogP contribution >= 0.6 is 0 Å². The number of nitrogens with two attached hydrogens (primary N) is 1. The third kappa shape index (κ3) is 2.24. The Kier molecular flexibility index (Phi) is 3.41. The van der Waals surface area contributed by atoms with E-state index >= 15 is 0 Å². The van der Waals surface area contributed by atoms with Crippen molar-refractivity contribution < 1.29 is 9.53 Å². The van der Waals surface area contributed by atoms with Crippen LogP contribution < -0.4 is 15.4 Å². The summed E-state index contributed by atoms with van der Waals surface area (Å²) in [7, 11) is 4.93. The summed E-state index contributed by atoms with van der Waals surface area (Å²) in [4.78, 5) is 13.9. The van der Waals surface area contributed by atoms with E-state index in [2.05, 4.69) is 5.10 Å². The molecule has 0 atom stereocenters. The number of ether oxygens (including phenoxy) is 1. The Hall–Kier alpha value is -2.50. The number of hydrogen-bond donors (Lipinski definition) is 1. The topological polar surface area (TPSA) is 73.4 Å². The molecule has 0 saturated carbocycles. The second-order valence-electron chi connectivity index (χ2n) is 4.10. The van der Waals surface area contributed by atoms with Crippen molar-refractivity contribution in [2.24, 2.45) is 7.05 Å². The van der Waals surface area contributed by atoms with Gasteiger partial charge in [-0.3, -0.25) is 9.48 Å². The molecule has 1 heterocycles. The monoisotopic (exact) mass is 260 g/mol. The number of nitrogen functional groups attached to an aromatic ring is 1. The lowest BCUT2D eigenvalue weighted by molar-refractivity contribution is 0.0993. The smallest absolute Gasteiger partial charge is 0.263 e. The second kappa shape index (κ2) is 5.01. The van der Waals surface area contributed by atoms with Gasteiger partial charge in [0.25, 0.3) is 5.91 Å². The molecule has 0 aliphatic rings. The van der Waals surface area contributed by atoms with Crippen molar-refractivity contribution in [2.45, 2.75) is 0 Å². The number of amides is 1. The predicted octanol–water partition coefficient (Wildman–Crippen LogP) is 1.29. The van der Waals surface area contributed by atoms with Crippen molar-refractivity contribution >= 4 is 17.4 Å². The van der Waals surface area contributed by atoms with E-state index < -0.39 is 0 Å². The second-order valence-corrected chi connectivity index (χ2v) is 4.10. The zero-order chi connectivity index (χ0) is 14.0. The van der Waals surface area contributed by atoms with Crippen LogP contribution in [0.25, 0.3) is 0 Å². The van der Waals surface area contributed by atoms with Gasteiger partial charge < -0.3 is 15.4 Å². The molecule has 0 bridgehead atoms. The lowest BCUT2D eigenvalue weighted by Gasteiger charge is -2.19. The number of carbonyl (C=O) groups is 1. The van der Waals surface area contributed by atoms with Gasteiger partial charge >= 0.3 is 0 Å². The van der Waals surface area contributed by atoms with E-state index in [1.54, 1.807) is 27.3 Å². The van der Waals surface area contributed by atoms with Gasteiger partial charge in [-0.1, -0.05) is 12.1 Å². The van der Waals surface area contributed by atoms with Crippen molar-refractivity contribution in [2.75, 3.05) is 24.8 Å². The number of methoxy groups -OCH3 is 1. The summed E-state index contributed by atoms with van der Waals surface area (Å²) >= 11 is 0. The Morgan fingerprint density at radius 2 is 2.11 bits per heavy atom. The summed E-state index contributed by atoms with van der Waals surface area (Å²) in [5.74, 6) is 0.739. The van der Waals surface area contributed by atoms with E-state index in [0.717, 1.165) is 0 Å². The fourth-order valence-corrected chi connectivity index (χ4v) is 1.81. The minimum atomic E-state index is -0.227. The summed E-state index contributed by atoms with van der Waals surface area (Å²) < 4.78 is 6.70. The van der Waals surface area contributed by atoms with E-state index in [1.807, 2.05) is 18.2 Å². The number of rotatable bonds is 3. The summed E-state index contributed by atoms with van der Waals surface area (Å²) in [6.07, 6.45) is 1.46. The molecule has 100 valence electrons. The number of anilines is 2. The van der Waals surface area contributed by atoms with Gasteiger partial charge in [-0.05, 0) is 12.1 Å². The summed E-state index contributed by atoms with van der Waals surface area (Å²) in [5, 5.41) is 3.97. The van der Waals surface area contributed by atoms with Crippen LogP contribution in [0, 0.1) is 0 Å². The predicted molar refractivity (Wildman–Crippen MR) is 73.3 cm³/mol. The van der Waals surface area contributed by atoms with Gasteiger partial charge in [0.1, 0.15) is 17.1 Å². The minimum Gasteiger partial charge on any atom is -0.495 e. The Morgan fingerprint density at radius 3 is 2.68 bits per heavy atom. The van der Waals surface area contributed by atoms with Crippen LogP contribution in [0.2, 0.25) is 0 Å². The molecular weight excluding hydrogens is 244 g/mol. The molecule has 19 heavy (non-hydrogen) atoms. The maximum atomic E-state index is 12.4. The van der Waals surface area contributed by atoms with Gasteiger partial charge in [-0.2, -0.15) is 5.10 Å². The largest absolute Gasteiger partial charge is 0.495 e.